The monoisotopic (exact) mass is 443 g/mol. The van der Waals surface area contributed by atoms with E-state index in [-0.39, 0.29) is 30.0 Å². The average Bonchev–Trinajstić information content (AvgIpc) is 3.16. The first kappa shape index (κ1) is 21.6. The number of alkyl halides is 2. The zero-order valence-electron chi connectivity index (χ0n) is 17.4. The van der Waals surface area contributed by atoms with Crippen molar-refractivity contribution in [3.63, 3.8) is 0 Å². The van der Waals surface area contributed by atoms with Crippen molar-refractivity contribution in [3.05, 3.63) is 70.9 Å². The van der Waals surface area contributed by atoms with Gasteiger partial charge in [0, 0.05) is 17.8 Å². The molecule has 0 saturated heterocycles. The van der Waals surface area contributed by atoms with Gasteiger partial charge in [-0.05, 0) is 31.0 Å². The summed E-state index contributed by atoms with van der Waals surface area (Å²) in [5.41, 5.74) is 2.96. The van der Waals surface area contributed by atoms with Crippen LogP contribution < -0.4 is 20.3 Å². The molecular weight excluding hydrogens is 420 g/mol. The van der Waals surface area contributed by atoms with Crippen LogP contribution >= 0.6 is 0 Å². The number of nitrogens with one attached hydrogen (secondary N) is 2. The number of benzene rings is 2. The largest absolute Gasteiger partial charge is 0.463 e. The molecule has 32 heavy (non-hydrogen) atoms. The third-order valence-corrected chi connectivity index (χ3v) is 5.43. The van der Waals surface area contributed by atoms with Crippen LogP contribution in [0, 0.1) is 0 Å². The lowest BCUT2D eigenvalue weighted by Gasteiger charge is -2.32. The third kappa shape index (κ3) is 4.37. The standard InChI is InChI=1S/C23H23F2N3O4/c1-2-31-21(29)19-16(13-28-12-11-14-7-3-5-9-17(14)28)26-23(30)27-20(19)15-8-4-6-10-18(15)32-22(24)25/h3-10,20,22H,2,11-13H2,1H3,(H2,26,27,30)/t20-/m1/s1. The van der Waals surface area contributed by atoms with Gasteiger partial charge in [0.1, 0.15) is 5.75 Å². The SMILES string of the molecule is CCOC(=O)C1=C(CN2CCc3ccccc32)NC(=O)N[C@@H]1c1ccccc1OC(F)F. The van der Waals surface area contributed by atoms with E-state index in [4.69, 9.17) is 4.74 Å². The summed E-state index contributed by atoms with van der Waals surface area (Å²) in [6.07, 6.45) is 0.846. The van der Waals surface area contributed by atoms with Crippen molar-refractivity contribution < 1.29 is 27.8 Å². The highest BCUT2D eigenvalue weighted by molar-refractivity contribution is 5.95. The molecule has 0 radical (unpaired) electrons. The Kier molecular flexibility index (Phi) is 6.25. The molecule has 2 amide bonds. The summed E-state index contributed by atoms with van der Waals surface area (Å²) in [4.78, 5) is 27.6. The average molecular weight is 443 g/mol. The molecule has 0 aliphatic carbocycles. The van der Waals surface area contributed by atoms with Gasteiger partial charge in [-0.3, -0.25) is 0 Å². The van der Waals surface area contributed by atoms with E-state index in [1.165, 1.54) is 17.7 Å². The number of para-hydroxylation sites is 2. The zero-order valence-corrected chi connectivity index (χ0v) is 17.4. The number of halogens is 2. The summed E-state index contributed by atoms with van der Waals surface area (Å²) in [6.45, 7) is -0.278. The zero-order chi connectivity index (χ0) is 22.7. The summed E-state index contributed by atoms with van der Waals surface area (Å²) in [7, 11) is 0. The molecule has 0 fully saturated rings. The summed E-state index contributed by atoms with van der Waals surface area (Å²) in [5.74, 6) is -0.762. The summed E-state index contributed by atoms with van der Waals surface area (Å²) in [6, 6.07) is 12.4. The normalized spacial score (nSPS) is 17.7. The van der Waals surface area contributed by atoms with Crippen molar-refractivity contribution in [1.29, 1.82) is 0 Å². The van der Waals surface area contributed by atoms with E-state index in [0.717, 1.165) is 18.7 Å². The van der Waals surface area contributed by atoms with Crippen LogP contribution in [0.5, 0.6) is 5.75 Å². The molecule has 168 valence electrons. The Morgan fingerprint density at radius 2 is 1.94 bits per heavy atom. The Hall–Kier alpha value is -3.62. The quantitative estimate of drug-likeness (QED) is 0.640. The van der Waals surface area contributed by atoms with Crippen LogP contribution in [0.2, 0.25) is 0 Å². The fraction of sp³-hybridized carbons (Fsp3) is 0.304. The number of hydrogen-bond acceptors (Lipinski definition) is 5. The van der Waals surface area contributed by atoms with Gasteiger partial charge in [-0.15, -0.1) is 0 Å². The second-order valence-corrected chi connectivity index (χ2v) is 7.36. The maximum atomic E-state index is 13.0. The fourth-order valence-electron chi connectivity index (χ4n) is 4.11. The van der Waals surface area contributed by atoms with Gasteiger partial charge in [0.15, 0.2) is 0 Å². The number of carbonyl (C=O) groups is 2. The van der Waals surface area contributed by atoms with Crippen LogP contribution in [0.4, 0.5) is 19.3 Å². The lowest BCUT2D eigenvalue weighted by atomic mass is 9.94. The minimum Gasteiger partial charge on any atom is -0.463 e. The number of urea groups is 1. The topological polar surface area (TPSA) is 79.9 Å². The second-order valence-electron chi connectivity index (χ2n) is 7.36. The molecule has 0 spiro atoms. The van der Waals surface area contributed by atoms with Gasteiger partial charge in [-0.1, -0.05) is 36.4 Å². The predicted molar refractivity (Wildman–Crippen MR) is 114 cm³/mol. The molecule has 2 heterocycles. The first-order chi connectivity index (χ1) is 15.5. The van der Waals surface area contributed by atoms with Gasteiger partial charge in [0.2, 0.25) is 0 Å². The number of hydrogen-bond donors (Lipinski definition) is 2. The number of ether oxygens (including phenoxy) is 2. The van der Waals surface area contributed by atoms with E-state index < -0.39 is 24.7 Å². The predicted octanol–water partition coefficient (Wildman–Crippen LogP) is 3.52. The molecule has 0 saturated carbocycles. The van der Waals surface area contributed by atoms with Crippen LogP contribution in [0.25, 0.3) is 0 Å². The number of esters is 1. The molecule has 9 heteroatoms. The number of carbonyl (C=O) groups excluding carboxylic acids is 2. The van der Waals surface area contributed by atoms with Crippen molar-refractivity contribution in [2.45, 2.75) is 26.0 Å². The Labute approximate surface area is 184 Å². The van der Waals surface area contributed by atoms with Gasteiger partial charge in [0.25, 0.3) is 0 Å². The summed E-state index contributed by atoms with van der Waals surface area (Å²) < 4.78 is 35.9. The second kappa shape index (κ2) is 9.25. The van der Waals surface area contributed by atoms with Crippen LogP contribution in [-0.2, 0) is 16.0 Å². The maximum absolute atomic E-state index is 13.0. The third-order valence-electron chi connectivity index (χ3n) is 5.43. The number of rotatable bonds is 7. The molecule has 0 aromatic heterocycles. The molecule has 0 bridgehead atoms. The lowest BCUT2D eigenvalue weighted by Crippen LogP contribution is -2.48. The van der Waals surface area contributed by atoms with Crippen LogP contribution in [0.15, 0.2) is 59.8 Å². The van der Waals surface area contributed by atoms with E-state index in [1.807, 2.05) is 24.3 Å². The van der Waals surface area contributed by atoms with Gasteiger partial charge >= 0.3 is 18.6 Å². The van der Waals surface area contributed by atoms with Crippen LogP contribution in [-0.4, -0.2) is 38.3 Å². The van der Waals surface area contributed by atoms with Crippen molar-refractivity contribution in [1.82, 2.24) is 10.6 Å². The molecule has 0 unspecified atom stereocenters. The Balaban J connectivity index is 1.77. The van der Waals surface area contributed by atoms with Gasteiger partial charge in [-0.2, -0.15) is 8.78 Å². The molecule has 2 aliphatic rings. The highest BCUT2D eigenvalue weighted by Gasteiger charge is 2.36. The molecule has 2 N–H and O–H groups in total. The van der Waals surface area contributed by atoms with Crippen molar-refractivity contribution in [3.8, 4) is 5.75 Å². The fourth-order valence-corrected chi connectivity index (χ4v) is 4.11. The van der Waals surface area contributed by atoms with Gasteiger partial charge in [-0.25, -0.2) is 9.59 Å². The molecule has 4 rings (SSSR count). The lowest BCUT2D eigenvalue weighted by molar-refractivity contribution is -0.139. The van der Waals surface area contributed by atoms with Crippen molar-refractivity contribution >= 4 is 17.7 Å². The van der Waals surface area contributed by atoms with E-state index in [2.05, 4.69) is 20.3 Å². The minimum atomic E-state index is -3.05. The molecule has 2 aromatic rings. The number of anilines is 1. The highest BCUT2D eigenvalue weighted by Crippen LogP contribution is 2.35. The van der Waals surface area contributed by atoms with Gasteiger partial charge < -0.3 is 25.0 Å². The first-order valence-corrected chi connectivity index (χ1v) is 10.3. The van der Waals surface area contributed by atoms with Crippen molar-refractivity contribution in [2.75, 3.05) is 24.6 Å². The van der Waals surface area contributed by atoms with Gasteiger partial charge in [0.05, 0.1) is 30.5 Å². The smallest absolute Gasteiger partial charge is 0.387 e. The minimum absolute atomic E-state index is 0.123. The Morgan fingerprint density at radius 3 is 2.72 bits per heavy atom. The Bertz CT molecular complexity index is 1060. The highest BCUT2D eigenvalue weighted by atomic mass is 19.3. The molecule has 2 aliphatic heterocycles. The van der Waals surface area contributed by atoms with E-state index >= 15 is 0 Å². The van der Waals surface area contributed by atoms with Crippen LogP contribution in [0.3, 0.4) is 0 Å². The molecule has 7 nitrogen and oxygen atoms in total. The first-order valence-electron chi connectivity index (χ1n) is 10.3. The Morgan fingerprint density at radius 1 is 1.19 bits per heavy atom. The number of nitrogens with zero attached hydrogens (tertiary/aromatic N) is 1. The van der Waals surface area contributed by atoms with Crippen molar-refractivity contribution in [2.24, 2.45) is 0 Å². The van der Waals surface area contributed by atoms with E-state index in [9.17, 15) is 18.4 Å². The summed E-state index contributed by atoms with van der Waals surface area (Å²) in [5, 5.41) is 5.38. The molecule has 2 aromatic carbocycles. The number of amides is 2. The molecular formula is C23H23F2N3O4. The maximum Gasteiger partial charge on any atom is 0.387 e. The summed E-state index contributed by atoms with van der Waals surface area (Å²) >= 11 is 0. The van der Waals surface area contributed by atoms with E-state index in [1.54, 1.807) is 19.1 Å². The van der Waals surface area contributed by atoms with E-state index in [0.29, 0.717) is 5.70 Å². The number of fused-ring (bicyclic) bond motifs is 1. The van der Waals surface area contributed by atoms with Crippen LogP contribution in [0.1, 0.15) is 24.1 Å². The molecule has 1 atom stereocenters.